The van der Waals surface area contributed by atoms with Gasteiger partial charge in [-0.1, -0.05) is 0 Å². The first-order chi connectivity index (χ1) is 6.45. The van der Waals surface area contributed by atoms with Crippen LogP contribution in [0, 0.1) is 0 Å². The number of hydrogen-bond acceptors (Lipinski definition) is 2. The lowest BCUT2D eigenvalue weighted by molar-refractivity contribution is 0.640. The summed E-state index contributed by atoms with van der Waals surface area (Å²) in [6, 6.07) is 4.12. The van der Waals surface area contributed by atoms with Gasteiger partial charge in [0.15, 0.2) is 0 Å². The van der Waals surface area contributed by atoms with E-state index in [2.05, 4.69) is 21.4 Å². The summed E-state index contributed by atoms with van der Waals surface area (Å²) in [7, 11) is 0. The predicted octanol–water partition coefficient (Wildman–Crippen LogP) is 1.21. The van der Waals surface area contributed by atoms with Crippen LogP contribution in [0.15, 0.2) is 18.3 Å². The van der Waals surface area contributed by atoms with Gasteiger partial charge < -0.3 is 10.3 Å². The lowest BCUT2D eigenvalue weighted by Gasteiger charge is -2.12. The Hall–Kier alpha value is -1.35. The first-order valence-electron chi connectivity index (χ1n) is 4.60. The van der Waals surface area contributed by atoms with Gasteiger partial charge in [0.2, 0.25) is 0 Å². The summed E-state index contributed by atoms with van der Waals surface area (Å²) in [4.78, 5) is 7.67. The fourth-order valence-electron chi connectivity index (χ4n) is 1.97. The molecule has 0 radical (unpaired) electrons. The van der Waals surface area contributed by atoms with E-state index in [0.29, 0.717) is 0 Å². The third-order valence-electron chi connectivity index (χ3n) is 2.62. The van der Waals surface area contributed by atoms with Crippen LogP contribution in [0.4, 0.5) is 0 Å². The van der Waals surface area contributed by atoms with E-state index in [9.17, 15) is 0 Å². The van der Waals surface area contributed by atoms with E-state index in [1.165, 1.54) is 16.6 Å². The zero-order chi connectivity index (χ0) is 8.67. The second-order valence-corrected chi connectivity index (χ2v) is 3.41. The van der Waals surface area contributed by atoms with Crippen LogP contribution in [0.2, 0.25) is 0 Å². The molecule has 66 valence electrons. The normalized spacial score (nSPS) is 16.0. The molecular formula is C10H11N3. The zero-order valence-corrected chi connectivity index (χ0v) is 7.30. The Bertz CT molecular complexity index is 444. The number of fused-ring (bicyclic) bond motifs is 3. The molecule has 0 spiro atoms. The molecule has 0 amide bonds. The number of aromatic amines is 1. The third kappa shape index (κ3) is 0.971. The highest BCUT2D eigenvalue weighted by atomic mass is 14.9. The van der Waals surface area contributed by atoms with E-state index < -0.39 is 0 Å². The molecule has 13 heavy (non-hydrogen) atoms. The fraction of sp³-hybridized carbons (Fsp3) is 0.300. The van der Waals surface area contributed by atoms with E-state index in [1.807, 2.05) is 12.3 Å². The summed E-state index contributed by atoms with van der Waals surface area (Å²) in [6.45, 7) is 2.04. The van der Waals surface area contributed by atoms with Gasteiger partial charge in [-0.15, -0.1) is 0 Å². The van der Waals surface area contributed by atoms with Crippen LogP contribution in [0.3, 0.4) is 0 Å². The Morgan fingerprint density at radius 2 is 2.38 bits per heavy atom. The van der Waals surface area contributed by atoms with Crippen molar-refractivity contribution in [2.45, 2.75) is 13.0 Å². The zero-order valence-electron chi connectivity index (χ0n) is 7.30. The number of H-pyrrole nitrogens is 1. The standard InChI is InChI=1S/C10H11N3/c1-2-7-8-6-11-5-3-9(8)13-10(7)12-4-1/h1-2,4,11H,3,5-6H2,(H,12,13). The molecule has 2 aromatic heterocycles. The molecule has 0 aliphatic carbocycles. The van der Waals surface area contributed by atoms with E-state index in [-0.39, 0.29) is 0 Å². The molecular weight excluding hydrogens is 162 g/mol. The maximum absolute atomic E-state index is 4.30. The molecule has 3 nitrogen and oxygen atoms in total. The van der Waals surface area contributed by atoms with Crippen molar-refractivity contribution in [2.24, 2.45) is 0 Å². The minimum atomic E-state index is 0.973. The number of rotatable bonds is 0. The summed E-state index contributed by atoms with van der Waals surface area (Å²) in [5.41, 5.74) is 3.78. The molecule has 0 unspecified atom stereocenters. The fourth-order valence-corrected chi connectivity index (χ4v) is 1.97. The van der Waals surface area contributed by atoms with Gasteiger partial charge in [0.05, 0.1) is 0 Å². The summed E-state index contributed by atoms with van der Waals surface area (Å²) in [5, 5.41) is 4.64. The van der Waals surface area contributed by atoms with E-state index in [1.54, 1.807) is 0 Å². The van der Waals surface area contributed by atoms with Gasteiger partial charge in [-0.3, -0.25) is 0 Å². The predicted molar refractivity (Wildman–Crippen MR) is 51.5 cm³/mol. The van der Waals surface area contributed by atoms with Crippen molar-refractivity contribution in [1.82, 2.24) is 15.3 Å². The molecule has 1 aliphatic rings. The van der Waals surface area contributed by atoms with E-state index >= 15 is 0 Å². The third-order valence-corrected chi connectivity index (χ3v) is 2.62. The summed E-state index contributed by atoms with van der Waals surface area (Å²) < 4.78 is 0. The van der Waals surface area contributed by atoms with Gasteiger partial charge >= 0.3 is 0 Å². The molecule has 2 N–H and O–H groups in total. The van der Waals surface area contributed by atoms with E-state index in [4.69, 9.17) is 0 Å². The van der Waals surface area contributed by atoms with Gasteiger partial charge in [0.25, 0.3) is 0 Å². The van der Waals surface area contributed by atoms with Gasteiger partial charge in [0, 0.05) is 36.8 Å². The number of nitrogens with zero attached hydrogens (tertiary/aromatic N) is 1. The molecule has 0 saturated carbocycles. The number of aromatic nitrogens is 2. The summed E-state index contributed by atoms with van der Waals surface area (Å²) in [6.07, 6.45) is 2.92. The average molecular weight is 173 g/mol. The van der Waals surface area contributed by atoms with Crippen LogP contribution in [0.5, 0.6) is 0 Å². The molecule has 0 fully saturated rings. The number of hydrogen-bond donors (Lipinski definition) is 2. The van der Waals surface area contributed by atoms with Crippen LogP contribution >= 0.6 is 0 Å². The highest BCUT2D eigenvalue weighted by Crippen LogP contribution is 2.22. The van der Waals surface area contributed by atoms with Crippen molar-refractivity contribution in [3.63, 3.8) is 0 Å². The molecule has 2 aromatic rings. The smallest absolute Gasteiger partial charge is 0.137 e. The van der Waals surface area contributed by atoms with Gasteiger partial charge in [0.1, 0.15) is 5.65 Å². The van der Waals surface area contributed by atoms with Crippen LogP contribution in [0.25, 0.3) is 11.0 Å². The Morgan fingerprint density at radius 3 is 3.38 bits per heavy atom. The summed E-state index contributed by atoms with van der Waals surface area (Å²) in [5.74, 6) is 0. The maximum Gasteiger partial charge on any atom is 0.137 e. The molecule has 1 aliphatic heterocycles. The Balaban J connectivity index is 2.34. The first-order valence-corrected chi connectivity index (χ1v) is 4.60. The topological polar surface area (TPSA) is 40.7 Å². The van der Waals surface area contributed by atoms with Crippen LogP contribution < -0.4 is 5.32 Å². The molecule has 0 saturated heterocycles. The average Bonchev–Trinajstić information content (AvgIpc) is 2.56. The lowest BCUT2D eigenvalue weighted by Crippen LogP contribution is -2.22. The van der Waals surface area contributed by atoms with Crippen molar-refractivity contribution in [2.75, 3.05) is 6.54 Å². The molecule has 0 atom stereocenters. The lowest BCUT2D eigenvalue weighted by atomic mass is 10.1. The number of nitrogens with one attached hydrogen (secondary N) is 2. The largest absolute Gasteiger partial charge is 0.343 e. The molecule has 3 heteroatoms. The number of pyridine rings is 1. The minimum absolute atomic E-state index is 0.973. The van der Waals surface area contributed by atoms with Crippen molar-refractivity contribution in [3.8, 4) is 0 Å². The van der Waals surface area contributed by atoms with Crippen molar-refractivity contribution < 1.29 is 0 Å². The van der Waals surface area contributed by atoms with Crippen molar-refractivity contribution >= 4 is 11.0 Å². The highest BCUT2D eigenvalue weighted by molar-refractivity contribution is 5.81. The Kier molecular flexibility index (Phi) is 1.40. The van der Waals surface area contributed by atoms with Crippen molar-refractivity contribution in [1.29, 1.82) is 0 Å². The molecule has 3 heterocycles. The van der Waals surface area contributed by atoms with Crippen LogP contribution in [-0.2, 0) is 13.0 Å². The van der Waals surface area contributed by atoms with Gasteiger partial charge in [-0.05, 0) is 17.7 Å². The summed E-state index contributed by atoms with van der Waals surface area (Å²) >= 11 is 0. The van der Waals surface area contributed by atoms with Crippen LogP contribution in [0.1, 0.15) is 11.3 Å². The second kappa shape index (κ2) is 2.57. The van der Waals surface area contributed by atoms with Crippen molar-refractivity contribution in [3.05, 3.63) is 29.6 Å². The molecule has 0 bridgehead atoms. The first kappa shape index (κ1) is 7.09. The quantitative estimate of drug-likeness (QED) is 0.628. The van der Waals surface area contributed by atoms with Gasteiger partial charge in [-0.25, -0.2) is 4.98 Å². The minimum Gasteiger partial charge on any atom is -0.343 e. The Morgan fingerprint density at radius 1 is 1.38 bits per heavy atom. The van der Waals surface area contributed by atoms with Gasteiger partial charge in [-0.2, -0.15) is 0 Å². The SMILES string of the molecule is c1cnc2[nH]c3c(c2c1)CNCC3. The Labute approximate surface area is 76.2 Å². The molecule has 0 aromatic carbocycles. The second-order valence-electron chi connectivity index (χ2n) is 3.41. The maximum atomic E-state index is 4.30. The highest BCUT2D eigenvalue weighted by Gasteiger charge is 2.14. The molecule has 3 rings (SSSR count). The van der Waals surface area contributed by atoms with Crippen LogP contribution in [-0.4, -0.2) is 16.5 Å². The monoisotopic (exact) mass is 173 g/mol. The van der Waals surface area contributed by atoms with E-state index in [0.717, 1.165) is 25.2 Å².